The molecule has 1 fully saturated rings. The minimum Gasteiger partial charge on any atom is -0.494 e. The number of aliphatic carboxylic acids is 1. The van der Waals surface area contributed by atoms with Gasteiger partial charge in [0, 0.05) is 11.6 Å². The Morgan fingerprint density at radius 1 is 1.32 bits per heavy atom. The molecule has 0 radical (unpaired) electrons. The molecule has 1 aromatic rings. The van der Waals surface area contributed by atoms with Gasteiger partial charge in [0.1, 0.15) is 5.75 Å². The summed E-state index contributed by atoms with van der Waals surface area (Å²) in [7, 11) is 0. The van der Waals surface area contributed by atoms with Crippen LogP contribution in [0.3, 0.4) is 0 Å². The molecule has 1 aromatic carbocycles. The molecule has 0 aliphatic heterocycles. The van der Waals surface area contributed by atoms with Gasteiger partial charge in [-0.1, -0.05) is 6.92 Å². The largest absolute Gasteiger partial charge is 0.494 e. The number of aryl methyl sites for hydroxylation is 1. The zero-order chi connectivity index (χ0) is 16.1. The average molecular weight is 305 g/mol. The molecule has 0 aromatic heterocycles. The van der Waals surface area contributed by atoms with Gasteiger partial charge in [0.15, 0.2) is 0 Å². The van der Waals surface area contributed by atoms with E-state index >= 15 is 0 Å². The van der Waals surface area contributed by atoms with Gasteiger partial charge in [0.25, 0.3) is 0 Å². The van der Waals surface area contributed by atoms with E-state index in [1.54, 1.807) is 0 Å². The molecular formula is C17H23NO4. The number of benzene rings is 1. The summed E-state index contributed by atoms with van der Waals surface area (Å²) in [5, 5.41) is 11.9. The standard InChI is InChI=1S/C17H23NO4/c1-3-8-22-14-6-7-15(11(2)9-14)18-16(19)12-4-5-13(10-12)17(20)21/h6-7,9,12-13H,3-5,8,10H2,1-2H3,(H,18,19)(H,20,21)/t12-,13+/m1/s1. The minimum absolute atomic E-state index is 0.0888. The van der Waals surface area contributed by atoms with Crippen LogP contribution in [0.25, 0.3) is 0 Å². The van der Waals surface area contributed by atoms with Crippen molar-refractivity contribution in [3.05, 3.63) is 23.8 Å². The number of amides is 1. The Kier molecular flexibility index (Phi) is 5.41. The number of carbonyl (C=O) groups excluding carboxylic acids is 1. The third-order valence-corrected chi connectivity index (χ3v) is 4.08. The Balaban J connectivity index is 1.96. The van der Waals surface area contributed by atoms with Gasteiger partial charge < -0.3 is 15.2 Å². The highest BCUT2D eigenvalue weighted by Crippen LogP contribution is 2.32. The lowest BCUT2D eigenvalue weighted by Crippen LogP contribution is -2.22. The minimum atomic E-state index is -0.802. The van der Waals surface area contributed by atoms with Crippen molar-refractivity contribution in [2.45, 2.75) is 39.5 Å². The number of rotatable bonds is 6. The van der Waals surface area contributed by atoms with Crippen LogP contribution in [0.2, 0.25) is 0 Å². The molecule has 2 rings (SSSR count). The molecule has 0 unspecified atom stereocenters. The molecule has 1 aliphatic rings. The van der Waals surface area contributed by atoms with Crippen LogP contribution in [-0.4, -0.2) is 23.6 Å². The molecule has 0 bridgehead atoms. The molecule has 5 heteroatoms. The van der Waals surface area contributed by atoms with Crippen LogP contribution in [0.1, 0.15) is 38.2 Å². The van der Waals surface area contributed by atoms with Gasteiger partial charge in [0.05, 0.1) is 12.5 Å². The second-order valence-electron chi connectivity index (χ2n) is 5.86. The molecule has 120 valence electrons. The van der Waals surface area contributed by atoms with Crippen molar-refractivity contribution in [3.63, 3.8) is 0 Å². The fraction of sp³-hybridized carbons (Fsp3) is 0.529. The highest BCUT2D eigenvalue weighted by Gasteiger charge is 2.33. The number of hydrogen-bond acceptors (Lipinski definition) is 3. The molecule has 1 aliphatic carbocycles. The number of nitrogens with one attached hydrogen (secondary N) is 1. The Morgan fingerprint density at radius 2 is 2.05 bits per heavy atom. The fourth-order valence-corrected chi connectivity index (χ4v) is 2.76. The molecule has 1 saturated carbocycles. The summed E-state index contributed by atoms with van der Waals surface area (Å²) in [5.41, 5.74) is 1.70. The van der Waals surface area contributed by atoms with Gasteiger partial charge >= 0.3 is 5.97 Å². The molecule has 0 spiro atoms. The van der Waals surface area contributed by atoms with E-state index in [1.807, 2.05) is 32.0 Å². The predicted octanol–water partition coefficient (Wildman–Crippen LogP) is 3.22. The Morgan fingerprint density at radius 3 is 2.64 bits per heavy atom. The Bertz CT molecular complexity index is 556. The predicted molar refractivity (Wildman–Crippen MR) is 84.1 cm³/mol. The van der Waals surface area contributed by atoms with E-state index in [2.05, 4.69) is 5.32 Å². The zero-order valence-corrected chi connectivity index (χ0v) is 13.1. The molecular weight excluding hydrogens is 282 g/mol. The first kappa shape index (κ1) is 16.3. The summed E-state index contributed by atoms with van der Waals surface area (Å²) >= 11 is 0. The van der Waals surface area contributed by atoms with Crippen molar-refractivity contribution < 1.29 is 19.4 Å². The van der Waals surface area contributed by atoms with Crippen LogP contribution in [0.15, 0.2) is 18.2 Å². The van der Waals surface area contributed by atoms with Gasteiger partial charge in [-0.2, -0.15) is 0 Å². The smallest absolute Gasteiger partial charge is 0.306 e. The van der Waals surface area contributed by atoms with Gasteiger partial charge in [-0.25, -0.2) is 0 Å². The summed E-state index contributed by atoms with van der Waals surface area (Å²) in [6.07, 6.45) is 2.59. The van der Waals surface area contributed by atoms with Crippen LogP contribution < -0.4 is 10.1 Å². The van der Waals surface area contributed by atoms with Crippen molar-refractivity contribution in [2.24, 2.45) is 11.8 Å². The monoisotopic (exact) mass is 305 g/mol. The van der Waals surface area contributed by atoms with Gasteiger partial charge in [-0.15, -0.1) is 0 Å². The summed E-state index contributed by atoms with van der Waals surface area (Å²) in [6.45, 7) is 4.64. The van der Waals surface area contributed by atoms with Crippen molar-refractivity contribution in [2.75, 3.05) is 11.9 Å². The van der Waals surface area contributed by atoms with Crippen molar-refractivity contribution in [1.82, 2.24) is 0 Å². The highest BCUT2D eigenvalue weighted by molar-refractivity contribution is 5.94. The first-order chi connectivity index (χ1) is 10.5. The number of carboxylic acid groups (broad SMARTS) is 1. The number of carboxylic acids is 1. The molecule has 0 heterocycles. The Labute approximate surface area is 130 Å². The second kappa shape index (κ2) is 7.29. The lowest BCUT2D eigenvalue weighted by atomic mass is 10.0. The van der Waals surface area contributed by atoms with E-state index in [0.29, 0.717) is 25.9 Å². The summed E-state index contributed by atoms with van der Waals surface area (Å²) in [5.74, 6) is -0.694. The molecule has 5 nitrogen and oxygen atoms in total. The second-order valence-corrected chi connectivity index (χ2v) is 5.86. The maximum Gasteiger partial charge on any atom is 0.306 e. The van der Waals surface area contributed by atoms with E-state index in [4.69, 9.17) is 9.84 Å². The average Bonchev–Trinajstić information content (AvgIpc) is 2.97. The number of carbonyl (C=O) groups is 2. The van der Waals surface area contributed by atoms with E-state index in [9.17, 15) is 9.59 Å². The van der Waals surface area contributed by atoms with Crippen LogP contribution in [0.5, 0.6) is 5.75 Å². The molecule has 0 saturated heterocycles. The quantitative estimate of drug-likeness (QED) is 0.846. The zero-order valence-electron chi connectivity index (χ0n) is 13.1. The highest BCUT2D eigenvalue weighted by atomic mass is 16.5. The van der Waals surface area contributed by atoms with Crippen molar-refractivity contribution >= 4 is 17.6 Å². The van der Waals surface area contributed by atoms with Crippen molar-refractivity contribution in [1.29, 1.82) is 0 Å². The first-order valence-corrected chi connectivity index (χ1v) is 7.78. The SMILES string of the molecule is CCCOc1ccc(NC(=O)[C@@H]2CC[C@H](C(=O)O)C2)c(C)c1. The fourth-order valence-electron chi connectivity index (χ4n) is 2.76. The number of anilines is 1. The lowest BCUT2D eigenvalue weighted by Gasteiger charge is -2.14. The van der Waals surface area contributed by atoms with Crippen LogP contribution >= 0.6 is 0 Å². The summed E-state index contributed by atoms with van der Waals surface area (Å²) < 4.78 is 5.56. The normalized spacial score (nSPS) is 20.6. The van der Waals surface area contributed by atoms with E-state index in [0.717, 1.165) is 23.4 Å². The van der Waals surface area contributed by atoms with Crippen LogP contribution in [0, 0.1) is 18.8 Å². The molecule has 2 atom stereocenters. The van der Waals surface area contributed by atoms with E-state index < -0.39 is 5.97 Å². The third-order valence-electron chi connectivity index (χ3n) is 4.08. The number of ether oxygens (including phenoxy) is 1. The summed E-state index contributed by atoms with van der Waals surface area (Å²) in [6, 6.07) is 5.58. The first-order valence-electron chi connectivity index (χ1n) is 7.78. The maximum absolute atomic E-state index is 12.3. The topological polar surface area (TPSA) is 75.6 Å². The number of hydrogen-bond donors (Lipinski definition) is 2. The van der Waals surface area contributed by atoms with Gasteiger partial charge in [-0.3, -0.25) is 9.59 Å². The lowest BCUT2D eigenvalue weighted by molar-refractivity contribution is -0.141. The van der Waals surface area contributed by atoms with Gasteiger partial charge in [-0.05, 0) is 56.4 Å². The van der Waals surface area contributed by atoms with Crippen LogP contribution in [-0.2, 0) is 9.59 Å². The Hall–Kier alpha value is -2.04. The summed E-state index contributed by atoms with van der Waals surface area (Å²) in [4.78, 5) is 23.2. The molecule has 1 amide bonds. The maximum atomic E-state index is 12.3. The van der Waals surface area contributed by atoms with Crippen LogP contribution in [0.4, 0.5) is 5.69 Å². The van der Waals surface area contributed by atoms with Crippen molar-refractivity contribution in [3.8, 4) is 5.75 Å². The van der Waals surface area contributed by atoms with E-state index in [1.165, 1.54) is 0 Å². The van der Waals surface area contributed by atoms with Gasteiger partial charge in [0.2, 0.25) is 5.91 Å². The molecule has 22 heavy (non-hydrogen) atoms. The van der Waals surface area contributed by atoms with E-state index in [-0.39, 0.29) is 17.7 Å². The third kappa shape index (κ3) is 4.00. The molecule has 2 N–H and O–H groups in total.